The number of nitrogens with zero attached hydrogens (tertiary/aromatic N) is 5. The second kappa shape index (κ2) is 7.52. The molecule has 4 atom stereocenters. The smallest absolute Gasteiger partial charge is 0.193 e. The normalized spacial score (nSPS) is 32.9. The van der Waals surface area contributed by atoms with Crippen LogP contribution in [-0.4, -0.2) is 86.3 Å². The van der Waals surface area contributed by atoms with Gasteiger partial charge in [-0.05, 0) is 37.6 Å². The first-order valence-electron chi connectivity index (χ1n) is 10.7. The monoisotopic (exact) mass is 384 g/mol. The van der Waals surface area contributed by atoms with Crippen molar-refractivity contribution < 1.29 is 4.74 Å². The van der Waals surface area contributed by atoms with Gasteiger partial charge in [0.15, 0.2) is 5.96 Å². The van der Waals surface area contributed by atoms with Crippen LogP contribution in [0.5, 0.6) is 0 Å². The van der Waals surface area contributed by atoms with E-state index in [4.69, 9.17) is 4.74 Å². The fourth-order valence-electron chi connectivity index (χ4n) is 5.43. The lowest BCUT2D eigenvalue weighted by atomic mass is 9.82. The number of ether oxygens (including phenoxy) is 1. The standard InChI is InChI=1S/C21H32N6O/c1-22-21(27-13-16-17(14-27)19-4-3-18(16)28-19)24-12-15-5-6-23-20(11-15)26-9-7-25(2)8-10-26/h5-6,11,16-19H,3-4,7-10,12-14H2,1-2H3,(H,22,24). The number of likely N-dealkylation sites (N-methyl/N-ethyl adjacent to an activating group) is 1. The van der Waals surface area contributed by atoms with Gasteiger partial charge in [-0.3, -0.25) is 4.99 Å². The van der Waals surface area contributed by atoms with Crippen molar-refractivity contribution in [1.82, 2.24) is 20.1 Å². The molecule has 5 heterocycles. The molecular weight excluding hydrogens is 352 g/mol. The van der Waals surface area contributed by atoms with Crippen molar-refractivity contribution in [3.8, 4) is 0 Å². The number of guanidine groups is 1. The van der Waals surface area contributed by atoms with E-state index in [1.54, 1.807) is 0 Å². The number of hydrogen-bond donors (Lipinski definition) is 1. The molecular formula is C21H32N6O. The van der Waals surface area contributed by atoms with Crippen molar-refractivity contribution in [2.75, 3.05) is 58.3 Å². The predicted octanol–water partition coefficient (Wildman–Crippen LogP) is 1.02. The molecule has 4 aliphatic rings. The molecule has 7 heteroatoms. The lowest BCUT2D eigenvalue weighted by molar-refractivity contribution is 0.0767. The molecule has 0 saturated carbocycles. The maximum atomic E-state index is 6.11. The third-order valence-electron chi connectivity index (χ3n) is 7.05. The van der Waals surface area contributed by atoms with Crippen molar-refractivity contribution in [3.63, 3.8) is 0 Å². The summed E-state index contributed by atoms with van der Waals surface area (Å²) >= 11 is 0. The van der Waals surface area contributed by atoms with Crippen molar-refractivity contribution in [2.45, 2.75) is 31.6 Å². The van der Waals surface area contributed by atoms with Gasteiger partial charge in [-0.2, -0.15) is 0 Å². The molecule has 7 nitrogen and oxygen atoms in total. The highest BCUT2D eigenvalue weighted by molar-refractivity contribution is 5.80. The molecule has 4 fully saturated rings. The average Bonchev–Trinajstić information content (AvgIpc) is 3.43. The van der Waals surface area contributed by atoms with Gasteiger partial charge in [0.1, 0.15) is 5.82 Å². The number of pyridine rings is 1. The van der Waals surface area contributed by atoms with E-state index in [1.807, 2.05) is 13.2 Å². The van der Waals surface area contributed by atoms with Crippen LogP contribution in [0.25, 0.3) is 0 Å². The van der Waals surface area contributed by atoms with E-state index in [2.05, 4.69) is 49.2 Å². The van der Waals surface area contributed by atoms with Crippen molar-refractivity contribution in [3.05, 3.63) is 23.9 Å². The minimum atomic E-state index is 0.490. The Morgan fingerprint density at radius 2 is 1.89 bits per heavy atom. The quantitative estimate of drug-likeness (QED) is 0.620. The van der Waals surface area contributed by atoms with Crippen molar-refractivity contribution >= 4 is 11.8 Å². The molecule has 28 heavy (non-hydrogen) atoms. The lowest BCUT2D eigenvalue weighted by Gasteiger charge is -2.33. The van der Waals surface area contributed by atoms with Crippen LogP contribution in [0.15, 0.2) is 23.3 Å². The zero-order chi connectivity index (χ0) is 19.1. The zero-order valence-corrected chi connectivity index (χ0v) is 17.0. The molecule has 4 unspecified atom stereocenters. The molecule has 0 aromatic carbocycles. The largest absolute Gasteiger partial charge is 0.374 e. The summed E-state index contributed by atoms with van der Waals surface area (Å²) in [4.78, 5) is 16.4. The van der Waals surface area contributed by atoms with Crippen LogP contribution in [0.4, 0.5) is 5.82 Å². The Kier molecular flexibility index (Phi) is 4.88. The molecule has 0 aliphatic carbocycles. The second-order valence-electron chi connectivity index (χ2n) is 8.74. The Balaban J connectivity index is 1.19. The summed E-state index contributed by atoms with van der Waals surface area (Å²) in [7, 11) is 4.07. The van der Waals surface area contributed by atoms with Gasteiger partial charge in [-0.1, -0.05) is 0 Å². The van der Waals surface area contributed by atoms with E-state index in [1.165, 1.54) is 18.4 Å². The Morgan fingerprint density at radius 3 is 2.57 bits per heavy atom. The molecule has 5 rings (SSSR count). The number of nitrogens with one attached hydrogen (secondary N) is 1. The highest BCUT2D eigenvalue weighted by Gasteiger charge is 2.53. The highest BCUT2D eigenvalue weighted by atomic mass is 16.5. The van der Waals surface area contributed by atoms with Gasteiger partial charge < -0.3 is 24.8 Å². The van der Waals surface area contributed by atoms with Gasteiger partial charge in [-0.15, -0.1) is 0 Å². The summed E-state index contributed by atoms with van der Waals surface area (Å²) in [6.07, 6.45) is 5.41. The van der Waals surface area contributed by atoms with Gasteiger partial charge in [-0.25, -0.2) is 4.98 Å². The van der Waals surface area contributed by atoms with E-state index < -0.39 is 0 Å². The number of aromatic nitrogens is 1. The van der Waals surface area contributed by atoms with E-state index in [9.17, 15) is 0 Å². The molecule has 0 spiro atoms. The SMILES string of the molecule is CN=C(NCc1ccnc(N2CCN(C)CC2)c1)N1CC2C3CCC(O3)C2C1. The van der Waals surface area contributed by atoms with Crippen LogP contribution >= 0.6 is 0 Å². The Morgan fingerprint density at radius 1 is 1.18 bits per heavy atom. The maximum Gasteiger partial charge on any atom is 0.193 e. The zero-order valence-electron chi connectivity index (χ0n) is 17.0. The summed E-state index contributed by atoms with van der Waals surface area (Å²) < 4.78 is 6.11. The van der Waals surface area contributed by atoms with Gasteiger partial charge in [0.05, 0.1) is 12.2 Å². The Hall–Kier alpha value is -1.86. The van der Waals surface area contributed by atoms with Crippen LogP contribution in [0.3, 0.4) is 0 Å². The first kappa shape index (κ1) is 18.2. The molecule has 0 radical (unpaired) electrons. The van der Waals surface area contributed by atoms with Gasteiger partial charge in [0.25, 0.3) is 0 Å². The van der Waals surface area contributed by atoms with Crippen LogP contribution in [-0.2, 0) is 11.3 Å². The van der Waals surface area contributed by atoms with E-state index >= 15 is 0 Å². The second-order valence-corrected chi connectivity index (χ2v) is 8.74. The fraction of sp³-hybridized carbons (Fsp3) is 0.714. The lowest BCUT2D eigenvalue weighted by Crippen LogP contribution is -2.44. The van der Waals surface area contributed by atoms with Crippen LogP contribution in [0.2, 0.25) is 0 Å². The summed E-state index contributed by atoms with van der Waals surface area (Å²) in [5.41, 5.74) is 1.26. The Labute approximate surface area is 167 Å². The van der Waals surface area contributed by atoms with Crippen molar-refractivity contribution in [1.29, 1.82) is 0 Å². The van der Waals surface area contributed by atoms with Gasteiger partial charge >= 0.3 is 0 Å². The average molecular weight is 385 g/mol. The molecule has 4 aliphatic heterocycles. The number of aliphatic imine (C=N–C) groups is 1. The Bertz CT molecular complexity index is 713. The number of likely N-dealkylation sites (tertiary alicyclic amines) is 1. The molecule has 2 bridgehead atoms. The summed E-state index contributed by atoms with van der Waals surface area (Å²) in [5, 5.41) is 3.58. The number of piperazine rings is 1. The van der Waals surface area contributed by atoms with E-state index in [-0.39, 0.29) is 0 Å². The molecule has 4 saturated heterocycles. The molecule has 1 aromatic heterocycles. The minimum Gasteiger partial charge on any atom is -0.374 e. The summed E-state index contributed by atoms with van der Waals surface area (Å²) in [5.74, 6) is 3.50. The first-order chi connectivity index (χ1) is 13.7. The third-order valence-corrected chi connectivity index (χ3v) is 7.05. The number of hydrogen-bond acceptors (Lipinski definition) is 5. The van der Waals surface area contributed by atoms with Gasteiger partial charge in [0.2, 0.25) is 0 Å². The highest BCUT2D eigenvalue weighted by Crippen LogP contribution is 2.47. The maximum absolute atomic E-state index is 6.11. The fourth-order valence-corrected chi connectivity index (χ4v) is 5.43. The van der Waals surface area contributed by atoms with Crippen LogP contribution in [0.1, 0.15) is 18.4 Å². The molecule has 152 valence electrons. The summed E-state index contributed by atoms with van der Waals surface area (Å²) in [6, 6.07) is 4.32. The topological polar surface area (TPSA) is 56.2 Å². The number of rotatable bonds is 3. The third kappa shape index (κ3) is 3.35. The molecule has 1 aromatic rings. The predicted molar refractivity (Wildman–Crippen MR) is 111 cm³/mol. The molecule has 0 amide bonds. The van der Waals surface area contributed by atoms with Gasteiger partial charge in [0, 0.05) is 70.9 Å². The number of fused-ring (bicyclic) bond motifs is 5. The first-order valence-corrected chi connectivity index (χ1v) is 10.7. The van der Waals surface area contributed by atoms with E-state index in [0.717, 1.165) is 57.6 Å². The molecule has 1 N–H and O–H groups in total. The number of anilines is 1. The van der Waals surface area contributed by atoms with Crippen LogP contribution < -0.4 is 10.2 Å². The summed E-state index contributed by atoms with van der Waals surface area (Å²) in [6.45, 7) is 7.22. The van der Waals surface area contributed by atoms with Crippen molar-refractivity contribution in [2.24, 2.45) is 16.8 Å². The van der Waals surface area contributed by atoms with E-state index in [0.29, 0.717) is 24.0 Å². The minimum absolute atomic E-state index is 0.490. The van der Waals surface area contributed by atoms with Crippen LogP contribution in [0, 0.1) is 11.8 Å².